The van der Waals surface area contributed by atoms with E-state index in [1.54, 1.807) is 24.3 Å². The molecule has 5 heteroatoms. The van der Waals surface area contributed by atoms with Crippen LogP contribution in [0.25, 0.3) is 0 Å². The Labute approximate surface area is 123 Å². The number of amides is 3. The molecule has 2 rings (SSSR count). The molecule has 2 aromatic carbocycles. The van der Waals surface area contributed by atoms with E-state index in [1.165, 1.54) is 0 Å². The number of aryl methyl sites for hydroxylation is 1. The molecule has 3 amide bonds. The van der Waals surface area contributed by atoms with Gasteiger partial charge in [-0.15, -0.1) is 0 Å². The van der Waals surface area contributed by atoms with Crippen molar-refractivity contribution in [3.05, 3.63) is 65.2 Å². The number of urea groups is 1. The van der Waals surface area contributed by atoms with Gasteiger partial charge in [-0.2, -0.15) is 0 Å². The van der Waals surface area contributed by atoms with Crippen molar-refractivity contribution in [1.82, 2.24) is 5.32 Å². The average Bonchev–Trinajstić information content (AvgIpc) is 2.45. The standard InChI is InChI=1S/C16H17N3O2/c1-11-5-4-6-12(9-11)10-18-16(21)19-14-8-3-2-7-13(14)15(17)20/h2-9H,10H2,1H3,(H2,17,20)(H2,18,19,21). The van der Waals surface area contributed by atoms with Crippen molar-refractivity contribution in [2.45, 2.75) is 13.5 Å². The zero-order valence-electron chi connectivity index (χ0n) is 11.7. The fraction of sp³-hybridized carbons (Fsp3) is 0.125. The number of para-hydroxylation sites is 1. The Morgan fingerprint density at radius 1 is 1.10 bits per heavy atom. The van der Waals surface area contributed by atoms with Crippen LogP contribution in [0.3, 0.4) is 0 Å². The zero-order chi connectivity index (χ0) is 15.2. The van der Waals surface area contributed by atoms with E-state index in [-0.39, 0.29) is 11.6 Å². The second-order valence-corrected chi connectivity index (χ2v) is 4.71. The lowest BCUT2D eigenvalue weighted by Gasteiger charge is -2.10. The fourth-order valence-electron chi connectivity index (χ4n) is 1.98. The molecular weight excluding hydrogens is 266 g/mol. The summed E-state index contributed by atoms with van der Waals surface area (Å²) in [6.07, 6.45) is 0. The quantitative estimate of drug-likeness (QED) is 0.805. The number of nitrogens with one attached hydrogen (secondary N) is 2. The summed E-state index contributed by atoms with van der Waals surface area (Å²) in [4.78, 5) is 23.1. The number of hydrogen-bond donors (Lipinski definition) is 3. The van der Waals surface area contributed by atoms with Crippen molar-refractivity contribution in [1.29, 1.82) is 0 Å². The van der Waals surface area contributed by atoms with E-state index in [9.17, 15) is 9.59 Å². The summed E-state index contributed by atoms with van der Waals surface area (Å²) in [7, 11) is 0. The summed E-state index contributed by atoms with van der Waals surface area (Å²) >= 11 is 0. The lowest BCUT2D eigenvalue weighted by atomic mass is 10.1. The smallest absolute Gasteiger partial charge is 0.319 e. The summed E-state index contributed by atoms with van der Waals surface area (Å²) in [5.41, 5.74) is 8.08. The number of rotatable bonds is 4. The molecule has 4 N–H and O–H groups in total. The monoisotopic (exact) mass is 283 g/mol. The van der Waals surface area contributed by atoms with Crippen molar-refractivity contribution >= 4 is 17.6 Å². The van der Waals surface area contributed by atoms with Gasteiger partial charge in [-0.05, 0) is 24.6 Å². The Morgan fingerprint density at radius 3 is 2.57 bits per heavy atom. The molecule has 2 aromatic rings. The summed E-state index contributed by atoms with van der Waals surface area (Å²) in [5, 5.41) is 5.36. The van der Waals surface area contributed by atoms with E-state index in [0.717, 1.165) is 11.1 Å². The minimum absolute atomic E-state index is 0.281. The average molecular weight is 283 g/mol. The number of hydrogen-bond acceptors (Lipinski definition) is 2. The summed E-state index contributed by atoms with van der Waals surface area (Å²) < 4.78 is 0. The summed E-state index contributed by atoms with van der Waals surface area (Å²) in [6, 6.07) is 14.1. The molecule has 0 aliphatic rings. The van der Waals surface area contributed by atoms with Crippen LogP contribution >= 0.6 is 0 Å². The topological polar surface area (TPSA) is 84.2 Å². The number of carbonyl (C=O) groups excluding carboxylic acids is 2. The molecule has 0 atom stereocenters. The minimum atomic E-state index is -0.579. The Hall–Kier alpha value is -2.82. The third-order valence-electron chi connectivity index (χ3n) is 2.98. The van der Waals surface area contributed by atoms with Crippen molar-refractivity contribution in [3.63, 3.8) is 0 Å². The lowest BCUT2D eigenvalue weighted by Crippen LogP contribution is -2.29. The van der Waals surface area contributed by atoms with Gasteiger partial charge in [0.2, 0.25) is 0 Å². The van der Waals surface area contributed by atoms with E-state index < -0.39 is 5.91 Å². The second kappa shape index (κ2) is 6.56. The van der Waals surface area contributed by atoms with Crippen LogP contribution in [-0.2, 0) is 6.54 Å². The molecule has 0 aliphatic heterocycles. The predicted molar refractivity (Wildman–Crippen MR) is 82.0 cm³/mol. The van der Waals surface area contributed by atoms with Gasteiger partial charge < -0.3 is 16.4 Å². The fourth-order valence-corrected chi connectivity index (χ4v) is 1.98. The van der Waals surface area contributed by atoms with Gasteiger partial charge in [-0.25, -0.2) is 4.79 Å². The Kier molecular flexibility index (Phi) is 4.56. The van der Waals surface area contributed by atoms with E-state index in [4.69, 9.17) is 5.73 Å². The number of nitrogens with two attached hydrogens (primary N) is 1. The third-order valence-corrected chi connectivity index (χ3v) is 2.98. The highest BCUT2D eigenvalue weighted by molar-refractivity contribution is 6.02. The molecule has 0 saturated heterocycles. The number of primary amides is 1. The second-order valence-electron chi connectivity index (χ2n) is 4.71. The maximum atomic E-state index is 11.9. The van der Waals surface area contributed by atoms with Crippen LogP contribution in [0.15, 0.2) is 48.5 Å². The number of anilines is 1. The van der Waals surface area contributed by atoms with Crippen LogP contribution in [-0.4, -0.2) is 11.9 Å². The van der Waals surface area contributed by atoms with Gasteiger partial charge in [0.15, 0.2) is 0 Å². The van der Waals surface area contributed by atoms with E-state index in [2.05, 4.69) is 10.6 Å². The van der Waals surface area contributed by atoms with E-state index in [0.29, 0.717) is 12.2 Å². The molecule has 5 nitrogen and oxygen atoms in total. The highest BCUT2D eigenvalue weighted by Gasteiger charge is 2.09. The molecule has 0 radical (unpaired) electrons. The molecule has 0 spiro atoms. The molecule has 0 aromatic heterocycles. The van der Waals surface area contributed by atoms with Crippen molar-refractivity contribution in [2.24, 2.45) is 5.73 Å². The van der Waals surface area contributed by atoms with Crippen LogP contribution < -0.4 is 16.4 Å². The molecule has 0 fully saturated rings. The van der Waals surface area contributed by atoms with Crippen LogP contribution in [0.2, 0.25) is 0 Å². The van der Waals surface area contributed by atoms with Crippen LogP contribution in [0.4, 0.5) is 10.5 Å². The van der Waals surface area contributed by atoms with Gasteiger partial charge in [-0.1, -0.05) is 42.0 Å². The van der Waals surface area contributed by atoms with Crippen LogP contribution in [0, 0.1) is 6.92 Å². The first-order chi connectivity index (χ1) is 10.1. The molecule has 108 valence electrons. The highest BCUT2D eigenvalue weighted by atomic mass is 16.2. The molecule has 0 aliphatic carbocycles. The lowest BCUT2D eigenvalue weighted by molar-refractivity contribution is 0.100. The van der Waals surface area contributed by atoms with Crippen molar-refractivity contribution in [3.8, 4) is 0 Å². The van der Waals surface area contributed by atoms with Gasteiger partial charge in [-0.3, -0.25) is 4.79 Å². The van der Waals surface area contributed by atoms with E-state index >= 15 is 0 Å². The molecule has 21 heavy (non-hydrogen) atoms. The Morgan fingerprint density at radius 2 is 1.86 bits per heavy atom. The first kappa shape index (κ1) is 14.6. The SMILES string of the molecule is Cc1cccc(CNC(=O)Nc2ccccc2C(N)=O)c1. The molecular formula is C16H17N3O2. The Balaban J connectivity index is 1.98. The largest absolute Gasteiger partial charge is 0.366 e. The third kappa shape index (κ3) is 4.07. The van der Waals surface area contributed by atoms with Gasteiger partial charge in [0, 0.05) is 6.54 Å². The van der Waals surface area contributed by atoms with Crippen LogP contribution in [0.5, 0.6) is 0 Å². The molecule has 0 unspecified atom stereocenters. The number of benzene rings is 2. The van der Waals surface area contributed by atoms with Gasteiger partial charge in [0.25, 0.3) is 5.91 Å². The Bertz CT molecular complexity index is 668. The van der Waals surface area contributed by atoms with Gasteiger partial charge >= 0.3 is 6.03 Å². The highest BCUT2D eigenvalue weighted by Crippen LogP contribution is 2.14. The van der Waals surface area contributed by atoms with Gasteiger partial charge in [0.1, 0.15) is 0 Å². The maximum absolute atomic E-state index is 11.9. The predicted octanol–water partition coefficient (Wildman–Crippen LogP) is 2.42. The van der Waals surface area contributed by atoms with Crippen LogP contribution in [0.1, 0.15) is 21.5 Å². The van der Waals surface area contributed by atoms with Gasteiger partial charge in [0.05, 0.1) is 11.3 Å². The minimum Gasteiger partial charge on any atom is -0.366 e. The summed E-state index contributed by atoms with van der Waals surface area (Å²) in [6.45, 7) is 2.40. The zero-order valence-corrected chi connectivity index (χ0v) is 11.7. The molecule has 0 bridgehead atoms. The van der Waals surface area contributed by atoms with Crippen molar-refractivity contribution < 1.29 is 9.59 Å². The normalized spacial score (nSPS) is 9.95. The molecule has 0 heterocycles. The summed E-state index contributed by atoms with van der Waals surface area (Å²) in [5.74, 6) is -0.579. The number of carbonyl (C=O) groups is 2. The first-order valence-electron chi connectivity index (χ1n) is 6.55. The molecule has 0 saturated carbocycles. The first-order valence-corrected chi connectivity index (χ1v) is 6.55. The van der Waals surface area contributed by atoms with E-state index in [1.807, 2.05) is 31.2 Å². The van der Waals surface area contributed by atoms with Crippen molar-refractivity contribution in [2.75, 3.05) is 5.32 Å². The maximum Gasteiger partial charge on any atom is 0.319 e.